The van der Waals surface area contributed by atoms with E-state index in [0.29, 0.717) is 37.4 Å². The number of benzene rings is 1. The van der Waals surface area contributed by atoms with Gasteiger partial charge in [-0.1, -0.05) is 25.0 Å². The highest BCUT2D eigenvalue weighted by Gasteiger charge is 2.36. The van der Waals surface area contributed by atoms with Crippen LogP contribution in [0.3, 0.4) is 0 Å². The van der Waals surface area contributed by atoms with Gasteiger partial charge in [-0.3, -0.25) is 14.3 Å². The zero-order valence-electron chi connectivity index (χ0n) is 19.0. The summed E-state index contributed by atoms with van der Waals surface area (Å²) in [5.74, 6) is 0.777. The Labute approximate surface area is 190 Å². The van der Waals surface area contributed by atoms with Gasteiger partial charge in [-0.05, 0) is 56.2 Å². The molecular weight excluding hydrogens is 404 g/mol. The van der Waals surface area contributed by atoms with Crippen LogP contribution in [-0.4, -0.2) is 52.7 Å². The van der Waals surface area contributed by atoms with E-state index < -0.39 is 0 Å². The van der Waals surface area contributed by atoms with Gasteiger partial charge < -0.3 is 15.0 Å². The third-order valence-electron chi connectivity index (χ3n) is 7.01. The monoisotopic (exact) mass is 438 g/mol. The Morgan fingerprint density at radius 3 is 2.72 bits per heavy atom. The summed E-state index contributed by atoms with van der Waals surface area (Å²) in [5.41, 5.74) is 1.73. The number of likely N-dealkylation sites (tertiary alicyclic amines) is 1. The van der Waals surface area contributed by atoms with Crippen molar-refractivity contribution in [2.75, 3.05) is 26.2 Å². The molecular formula is C25H34N4O3. The van der Waals surface area contributed by atoms with Crippen molar-refractivity contribution in [2.24, 2.45) is 5.41 Å². The van der Waals surface area contributed by atoms with Gasteiger partial charge in [-0.15, -0.1) is 0 Å². The molecule has 0 bridgehead atoms. The SMILES string of the molecule is Cc1ccnn1CCC(=O)N1CCC2(CCCCCOc3ccccc3C(=O)NC2)CC1. The maximum atomic E-state index is 12.9. The summed E-state index contributed by atoms with van der Waals surface area (Å²) in [4.78, 5) is 27.6. The van der Waals surface area contributed by atoms with Gasteiger partial charge >= 0.3 is 0 Å². The van der Waals surface area contributed by atoms with Crippen LogP contribution in [0.4, 0.5) is 0 Å². The molecule has 7 nitrogen and oxygen atoms in total. The van der Waals surface area contributed by atoms with Crippen LogP contribution in [-0.2, 0) is 11.3 Å². The number of hydrogen-bond donors (Lipinski definition) is 1. The van der Waals surface area contributed by atoms with Gasteiger partial charge in [0, 0.05) is 44.5 Å². The number of nitrogens with one attached hydrogen (secondary N) is 1. The van der Waals surface area contributed by atoms with Crippen LogP contribution in [0.5, 0.6) is 5.75 Å². The Kier molecular flexibility index (Phi) is 7.12. The third kappa shape index (κ3) is 5.31. The predicted octanol–water partition coefficient (Wildman–Crippen LogP) is 3.57. The predicted molar refractivity (Wildman–Crippen MR) is 123 cm³/mol. The number of amides is 2. The summed E-state index contributed by atoms with van der Waals surface area (Å²) >= 11 is 0. The average molecular weight is 439 g/mol. The normalized spacial score (nSPS) is 19.3. The molecule has 1 saturated heterocycles. The number of ether oxygens (including phenoxy) is 1. The summed E-state index contributed by atoms with van der Waals surface area (Å²) in [6, 6.07) is 9.42. The van der Waals surface area contributed by atoms with Crippen molar-refractivity contribution in [3.8, 4) is 5.75 Å². The first-order valence-electron chi connectivity index (χ1n) is 11.8. The summed E-state index contributed by atoms with van der Waals surface area (Å²) in [6.45, 7) is 5.42. The molecule has 0 atom stereocenters. The lowest BCUT2D eigenvalue weighted by Crippen LogP contribution is -2.48. The zero-order valence-corrected chi connectivity index (χ0v) is 19.0. The van der Waals surface area contributed by atoms with E-state index >= 15 is 0 Å². The number of carbonyl (C=O) groups is 2. The van der Waals surface area contributed by atoms with Crippen molar-refractivity contribution in [1.29, 1.82) is 0 Å². The molecule has 172 valence electrons. The van der Waals surface area contributed by atoms with Gasteiger partial charge in [0.05, 0.1) is 12.2 Å². The molecule has 32 heavy (non-hydrogen) atoms. The van der Waals surface area contributed by atoms with Crippen molar-refractivity contribution in [1.82, 2.24) is 20.0 Å². The number of carbonyl (C=O) groups excluding carboxylic acids is 2. The molecule has 1 aromatic carbocycles. The number of rotatable bonds is 3. The first kappa shape index (κ1) is 22.4. The lowest BCUT2D eigenvalue weighted by molar-refractivity contribution is -0.133. The summed E-state index contributed by atoms with van der Waals surface area (Å²) in [6.07, 6.45) is 8.40. The Bertz CT molecular complexity index is 931. The van der Waals surface area contributed by atoms with E-state index in [1.54, 1.807) is 6.20 Å². The molecule has 0 saturated carbocycles. The first-order valence-corrected chi connectivity index (χ1v) is 11.8. The molecule has 1 aromatic heterocycles. The molecule has 2 aromatic rings. The summed E-state index contributed by atoms with van der Waals surface area (Å²) in [5, 5.41) is 7.45. The van der Waals surface area contributed by atoms with Crippen LogP contribution in [0.2, 0.25) is 0 Å². The van der Waals surface area contributed by atoms with Gasteiger partial charge in [0.1, 0.15) is 5.75 Å². The van der Waals surface area contributed by atoms with Crippen molar-refractivity contribution < 1.29 is 14.3 Å². The number of aryl methyl sites for hydroxylation is 2. The molecule has 0 unspecified atom stereocenters. The zero-order chi connectivity index (χ0) is 22.4. The molecule has 7 heteroatoms. The number of piperidine rings is 1. The topological polar surface area (TPSA) is 76.5 Å². The Morgan fingerprint density at radius 2 is 1.94 bits per heavy atom. The quantitative estimate of drug-likeness (QED) is 0.795. The van der Waals surface area contributed by atoms with Crippen molar-refractivity contribution in [3.63, 3.8) is 0 Å². The fourth-order valence-electron chi connectivity index (χ4n) is 4.84. The van der Waals surface area contributed by atoms with Crippen molar-refractivity contribution in [2.45, 2.75) is 58.4 Å². The van der Waals surface area contributed by atoms with Gasteiger partial charge in [0.2, 0.25) is 5.91 Å². The molecule has 1 fully saturated rings. The van der Waals surface area contributed by atoms with Crippen LogP contribution in [0, 0.1) is 12.3 Å². The number of fused-ring (bicyclic) bond motifs is 1. The minimum absolute atomic E-state index is 0.0556. The summed E-state index contributed by atoms with van der Waals surface area (Å²) < 4.78 is 7.74. The number of aromatic nitrogens is 2. The van der Waals surface area contributed by atoms with E-state index in [4.69, 9.17) is 4.74 Å². The van der Waals surface area contributed by atoms with Crippen LogP contribution in [0.1, 0.15) is 61.0 Å². The van der Waals surface area contributed by atoms with Gasteiger partial charge in [-0.25, -0.2) is 0 Å². The summed E-state index contributed by atoms with van der Waals surface area (Å²) in [7, 11) is 0. The third-order valence-corrected chi connectivity index (χ3v) is 7.01. The van der Waals surface area contributed by atoms with E-state index in [0.717, 1.165) is 57.3 Å². The second kappa shape index (κ2) is 10.2. The second-order valence-corrected chi connectivity index (χ2v) is 9.16. The van der Waals surface area contributed by atoms with Gasteiger partial charge in [-0.2, -0.15) is 5.10 Å². The number of nitrogens with zero attached hydrogens (tertiary/aromatic N) is 3. The lowest BCUT2D eigenvalue weighted by atomic mass is 9.74. The lowest BCUT2D eigenvalue weighted by Gasteiger charge is -2.42. The fourth-order valence-corrected chi connectivity index (χ4v) is 4.84. The highest BCUT2D eigenvalue weighted by Crippen LogP contribution is 2.37. The largest absolute Gasteiger partial charge is 0.493 e. The van der Waals surface area contributed by atoms with Crippen molar-refractivity contribution in [3.05, 3.63) is 47.8 Å². The minimum atomic E-state index is -0.0753. The van der Waals surface area contributed by atoms with E-state index in [1.165, 1.54) is 0 Å². The van der Waals surface area contributed by atoms with E-state index in [-0.39, 0.29) is 17.2 Å². The smallest absolute Gasteiger partial charge is 0.255 e. The molecule has 2 aliphatic rings. The van der Waals surface area contributed by atoms with Gasteiger partial charge in [0.25, 0.3) is 5.91 Å². The molecule has 1 spiro atoms. The Hall–Kier alpha value is -2.83. The molecule has 3 heterocycles. The van der Waals surface area contributed by atoms with Gasteiger partial charge in [0.15, 0.2) is 0 Å². The Morgan fingerprint density at radius 1 is 1.12 bits per heavy atom. The highest BCUT2D eigenvalue weighted by molar-refractivity contribution is 5.96. The second-order valence-electron chi connectivity index (χ2n) is 9.16. The molecule has 0 aliphatic carbocycles. The Balaban J connectivity index is 1.36. The first-order chi connectivity index (χ1) is 15.6. The molecule has 4 rings (SSSR count). The van der Waals surface area contributed by atoms with Crippen LogP contribution < -0.4 is 10.1 Å². The number of para-hydroxylation sites is 1. The maximum Gasteiger partial charge on any atom is 0.255 e. The van der Waals surface area contributed by atoms with Crippen molar-refractivity contribution >= 4 is 11.8 Å². The van der Waals surface area contributed by atoms with Crippen LogP contribution in [0.25, 0.3) is 0 Å². The minimum Gasteiger partial charge on any atom is -0.493 e. The highest BCUT2D eigenvalue weighted by atomic mass is 16.5. The standard InChI is InChI=1S/C25H34N4O3/c1-20-9-14-27-29(20)15-10-23(30)28-16-12-25(13-17-28)11-5-2-6-18-32-22-8-4-3-7-21(22)24(31)26-19-25/h3-4,7-9,14H,2,5-6,10-13,15-19H2,1H3,(H,26,31). The molecule has 2 amide bonds. The average Bonchev–Trinajstić information content (AvgIpc) is 3.23. The molecule has 2 aliphatic heterocycles. The van der Waals surface area contributed by atoms with Crippen LogP contribution in [0.15, 0.2) is 36.5 Å². The fraction of sp³-hybridized carbons (Fsp3) is 0.560. The van der Waals surface area contributed by atoms with E-state index in [1.807, 2.05) is 46.8 Å². The van der Waals surface area contributed by atoms with E-state index in [9.17, 15) is 9.59 Å². The molecule has 1 N–H and O–H groups in total. The van der Waals surface area contributed by atoms with Crippen LogP contribution >= 0.6 is 0 Å². The number of hydrogen-bond acceptors (Lipinski definition) is 4. The van der Waals surface area contributed by atoms with E-state index in [2.05, 4.69) is 10.4 Å². The molecule has 0 radical (unpaired) electrons. The maximum absolute atomic E-state index is 12.9.